The molecule has 10 heteroatoms. The van der Waals surface area contributed by atoms with E-state index < -0.39 is 11.6 Å². The van der Waals surface area contributed by atoms with Gasteiger partial charge in [0.2, 0.25) is 5.91 Å². The Labute approximate surface area is 231 Å². The number of hydrogen-bond acceptors (Lipinski definition) is 7. The number of fused-ring (bicyclic) bond motifs is 1. The third-order valence-electron chi connectivity index (χ3n) is 6.81. The van der Waals surface area contributed by atoms with Gasteiger partial charge in [0.05, 0.1) is 11.2 Å². The van der Waals surface area contributed by atoms with E-state index in [4.69, 9.17) is 4.74 Å². The molecule has 2 heterocycles. The van der Waals surface area contributed by atoms with Gasteiger partial charge in [-0.15, -0.1) is 0 Å². The molecule has 1 saturated heterocycles. The molecule has 0 bridgehead atoms. The third kappa shape index (κ3) is 6.41. The third-order valence-corrected chi connectivity index (χ3v) is 6.81. The van der Waals surface area contributed by atoms with E-state index in [0.717, 1.165) is 38.8 Å². The Morgan fingerprint density at radius 2 is 1.90 bits per heavy atom. The normalized spacial score (nSPS) is 14.2. The maximum atomic E-state index is 14.4. The number of likely N-dealkylation sites (N-methyl/N-ethyl adjacent to an activating group) is 1. The van der Waals surface area contributed by atoms with E-state index in [1.165, 1.54) is 24.5 Å². The molecule has 1 aromatic heterocycles. The number of carbonyl (C=O) groups is 1. The van der Waals surface area contributed by atoms with Crippen LogP contribution >= 0.6 is 0 Å². The summed E-state index contributed by atoms with van der Waals surface area (Å²) in [7, 11) is 2.12. The summed E-state index contributed by atoms with van der Waals surface area (Å²) in [6.07, 6.45) is 2.63. The number of rotatable bonds is 9. The highest BCUT2D eigenvalue weighted by atomic mass is 19.1. The molecule has 3 aromatic carbocycles. The summed E-state index contributed by atoms with van der Waals surface area (Å²) in [4.78, 5) is 25.7. The van der Waals surface area contributed by atoms with Crippen LogP contribution in [0.1, 0.15) is 0 Å². The van der Waals surface area contributed by atoms with Gasteiger partial charge in [-0.05, 0) is 49.0 Å². The Balaban J connectivity index is 1.41. The Morgan fingerprint density at radius 3 is 2.67 bits per heavy atom. The Morgan fingerprint density at radius 1 is 1.07 bits per heavy atom. The molecule has 206 valence electrons. The highest BCUT2D eigenvalue weighted by Gasteiger charge is 2.16. The molecule has 0 aliphatic carbocycles. The Kier molecular flexibility index (Phi) is 8.28. The number of benzene rings is 3. The average molecular weight is 545 g/mol. The lowest BCUT2D eigenvalue weighted by atomic mass is 10.0. The summed E-state index contributed by atoms with van der Waals surface area (Å²) in [5.74, 6) is -0.670. The van der Waals surface area contributed by atoms with E-state index in [1.807, 2.05) is 6.07 Å². The molecule has 1 amide bonds. The van der Waals surface area contributed by atoms with Crippen molar-refractivity contribution < 1.29 is 18.3 Å². The predicted octanol–water partition coefficient (Wildman–Crippen LogP) is 5.07. The molecule has 0 spiro atoms. The molecule has 1 fully saturated rings. The topological polar surface area (TPSA) is 82.6 Å². The molecule has 40 heavy (non-hydrogen) atoms. The fraction of sp³-hybridized carbons (Fsp3) is 0.233. The molecule has 2 N–H and O–H groups in total. The minimum atomic E-state index is -0.646. The first-order valence-corrected chi connectivity index (χ1v) is 13.0. The molecule has 4 aromatic rings. The minimum absolute atomic E-state index is 0.283. The predicted molar refractivity (Wildman–Crippen MR) is 153 cm³/mol. The fourth-order valence-corrected chi connectivity index (χ4v) is 4.57. The zero-order chi connectivity index (χ0) is 28.1. The summed E-state index contributed by atoms with van der Waals surface area (Å²) in [6, 6.07) is 14.1. The monoisotopic (exact) mass is 544 g/mol. The minimum Gasteiger partial charge on any atom is -0.490 e. The van der Waals surface area contributed by atoms with Crippen molar-refractivity contribution in [3.63, 3.8) is 0 Å². The van der Waals surface area contributed by atoms with Crippen molar-refractivity contribution in [1.82, 2.24) is 19.8 Å². The largest absolute Gasteiger partial charge is 0.490 e. The first-order valence-electron chi connectivity index (χ1n) is 13.0. The Bertz CT molecular complexity index is 1540. The summed E-state index contributed by atoms with van der Waals surface area (Å²) >= 11 is 0. The van der Waals surface area contributed by atoms with Crippen LogP contribution in [0.25, 0.3) is 22.0 Å². The number of piperazine rings is 1. The Hall–Kier alpha value is -4.41. The van der Waals surface area contributed by atoms with Crippen LogP contribution in [0, 0.1) is 11.6 Å². The molecule has 1 aliphatic rings. The van der Waals surface area contributed by atoms with Gasteiger partial charge in [0.15, 0.2) is 0 Å². The molecular weight excluding hydrogens is 514 g/mol. The molecule has 0 atom stereocenters. The zero-order valence-electron chi connectivity index (χ0n) is 22.2. The van der Waals surface area contributed by atoms with E-state index in [-0.39, 0.29) is 11.5 Å². The van der Waals surface area contributed by atoms with Crippen LogP contribution in [0.2, 0.25) is 0 Å². The number of nitrogens with zero attached hydrogens (tertiary/aromatic N) is 4. The molecular formula is C30H30F2N6O2. The first-order chi connectivity index (χ1) is 19.4. The number of carbonyl (C=O) groups excluding carboxylic acids is 1. The number of anilines is 3. The van der Waals surface area contributed by atoms with Gasteiger partial charge >= 0.3 is 0 Å². The van der Waals surface area contributed by atoms with Gasteiger partial charge in [-0.25, -0.2) is 18.7 Å². The standard InChI is InChI=1S/C30H30F2N6O2/c1-3-29(39)36-27-17-24-26(18-28(27)40-14-13-38-11-9-37(2)10-12-38)33-19-34-30(24)35-22-6-4-5-20(15-22)23-8-7-21(31)16-25(23)32/h3-8,15-19H,1,9-14H2,2H3,(H,36,39)(H,33,34,35). The quantitative estimate of drug-likeness (QED) is 0.285. The van der Waals surface area contributed by atoms with Crippen molar-refractivity contribution in [2.45, 2.75) is 0 Å². The van der Waals surface area contributed by atoms with E-state index in [1.54, 1.807) is 30.3 Å². The molecule has 8 nitrogen and oxygen atoms in total. The highest BCUT2D eigenvalue weighted by Crippen LogP contribution is 2.34. The second-order valence-electron chi connectivity index (χ2n) is 9.60. The van der Waals surface area contributed by atoms with Crippen LogP contribution in [-0.2, 0) is 4.79 Å². The molecule has 1 aliphatic heterocycles. The summed E-state index contributed by atoms with van der Waals surface area (Å²) in [5, 5.41) is 6.73. The van der Waals surface area contributed by atoms with Gasteiger partial charge in [-0.1, -0.05) is 18.7 Å². The summed E-state index contributed by atoms with van der Waals surface area (Å²) in [6.45, 7) is 8.77. The van der Waals surface area contributed by atoms with Crippen molar-refractivity contribution in [3.05, 3.63) is 85.2 Å². The summed E-state index contributed by atoms with van der Waals surface area (Å²) < 4.78 is 33.9. The van der Waals surface area contributed by atoms with Crippen molar-refractivity contribution in [2.75, 3.05) is 57.0 Å². The lowest BCUT2D eigenvalue weighted by Crippen LogP contribution is -2.45. The lowest BCUT2D eigenvalue weighted by Gasteiger charge is -2.32. The number of ether oxygens (including phenoxy) is 1. The summed E-state index contributed by atoms with van der Waals surface area (Å²) in [5.41, 5.74) is 2.59. The van der Waals surface area contributed by atoms with E-state index in [0.29, 0.717) is 46.0 Å². The lowest BCUT2D eigenvalue weighted by molar-refractivity contribution is -0.111. The molecule has 0 unspecified atom stereocenters. The smallest absolute Gasteiger partial charge is 0.247 e. The van der Waals surface area contributed by atoms with Gasteiger partial charge in [0.25, 0.3) is 0 Å². The van der Waals surface area contributed by atoms with Crippen LogP contribution in [0.15, 0.2) is 73.6 Å². The number of nitrogens with one attached hydrogen (secondary N) is 2. The van der Waals surface area contributed by atoms with E-state index in [2.05, 4.69) is 44.0 Å². The van der Waals surface area contributed by atoms with Crippen LogP contribution in [0.4, 0.5) is 26.0 Å². The van der Waals surface area contributed by atoms with E-state index >= 15 is 0 Å². The maximum Gasteiger partial charge on any atom is 0.247 e. The zero-order valence-corrected chi connectivity index (χ0v) is 22.2. The van der Waals surface area contributed by atoms with Crippen LogP contribution in [-0.4, -0.2) is 72.1 Å². The van der Waals surface area contributed by atoms with E-state index in [9.17, 15) is 13.6 Å². The van der Waals surface area contributed by atoms with Gasteiger partial charge in [0, 0.05) is 61.5 Å². The SMILES string of the molecule is C=CC(=O)Nc1cc2c(Nc3cccc(-c4ccc(F)cc4F)c3)ncnc2cc1OCCN1CCN(C)CC1. The van der Waals surface area contributed by atoms with Crippen molar-refractivity contribution in [2.24, 2.45) is 0 Å². The average Bonchev–Trinajstić information content (AvgIpc) is 2.94. The second kappa shape index (κ2) is 12.2. The number of hydrogen-bond donors (Lipinski definition) is 2. The first kappa shape index (κ1) is 27.2. The van der Waals surface area contributed by atoms with Crippen LogP contribution in [0.5, 0.6) is 5.75 Å². The number of amides is 1. The molecule has 5 rings (SSSR count). The molecule has 0 radical (unpaired) electrons. The number of halogens is 2. The fourth-order valence-electron chi connectivity index (χ4n) is 4.57. The van der Waals surface area contributed by atoms with Crippen LogP contribution in [0.3, 0.4) is 0 Å². The van der Waals surface area contributed by atoms with Crippen molar-refractivity contribution in [3.8, 4) is 16.9 Å². The maximum absolute atomic E-state index is 14.4. The second-order valence-corrected chi connectivity index (χ2v) is 9.60. The van der Waals surface area contributed by atoms with Gasteiger partial charge in [0.1, 0.15) is 36.1 Å². The number of aromatic nitrogens is 2. The van der Waals surface area contributed by atoms with Gasteiger partial charge in [-0.2, -0.15) is 0 Å². The molecule has 0 saturated carbocycles. The van der Waals surface area contributed by atoms with Crippen molar-refractivity contribution >= 4 is 34.0 Å². The van der Waals surface area contributed by atoms with Gasteiger partial charge in [-0.3, -0.25) is 9.69 Å². The van der Waals surface area contributed by atoms with Crippen molar-refractivity contribution in [1.29, 1.82) is 0 Å². The van der Waals surface area contributed by atoms with Gasteiger partial charge < -0.3 is 20.3 Å². The van der Waals surface area contributed by atoms with Crippen LogP contribution < -0.4 is 15.4 Å². The highest BCUT2D eigenvalue weighted by molar-refractivity contribution is 6.03.